The van der Waals surface area contributed by atoms with Gasteiger partial charge in [-0.15, -0.1) is 0 Å². The maximum absolute atomic E-state index is 9.04. The summed E-state index contributed by atoms with van der Waals surface area (Å²) in [6.07, 6.45) is 4.79. The highest BCUT2D eigenvalue weighted by atomic mass is 16.3. The fraction of sp³-hybridized carbons (Fsp3) is 0.786. The standard InChI is InChI=1S/C14H27N3O/c1-11(2)13(6-7-18)15-8-12-9-16-17(10-12)14(3,4)5/h9-11,13,15,18H,6-8H2,1-5H3. The summed E-state index contributed by atoms with van der Waals surface area (Å²) >= 11 is 0. The zero-order chi connectivity index (χ0) is 13.8. The Balaban J connectivity index is 2.55. The first-order valence-electron chi connectivity index (χ1n) is 6.73. The van der Waals surface area contributed by atoms with Crippen LogP contribution in [0.25, 0.3) is 0 Å². The summed E-state index contributed by atoms with van der Waals surface area (Å²) in [5.74, 6) is 0.523. The van der Waals surface area contributed by atoms with E-state index in [4.69, 9.17) is 5.11 Å². The lowest BCUT2D eigenvalue weighted by Crippen LogP contribution is -2.34. The van der Waals surface area contributed by atoms with Crippen LogP contribution in [0.15, 0.2) is 12.4 Å². The molecule has 1 heterocycles. The lowest BCUT2D eigenvalue weighted by Gasteiger charge is -2.21. The molecule has 0 saturated carbocycles. The van der Waals surface area contributed by atoms with E-state index in [2.05, 4.69) is 51.2 Å². The van der Waals surface area contributed by atoms with Gasteiger partial charge in [0.25, 0.3) is 0 Å². The maximum atomic E-state index is 9.04. The number of nitrogens with zero attached hydrogens (tertiary/aromatic N) is 2. The quantitative estimate of drug-likeness (QED) is 0.816. The van der Waals surface area contributed by atoms with Crippen LogP contribution in [-0.4, -0.2) is 27.5 Å². The summed E-state index contributed by atoms with van der Waals surface area (Å²) in [6, 6.07) is 0.355. The van der Waals surface area contributed by atoms with Crippen molar-refractivity contribution in [3.8, 4) is 0 Å². The average Bonchev–Trinajstić information content (AvgIpc) is 2.71. The van der Waals surface area contributed by atoms with Crippen molar-refractivity contribution in [1.82, 2.24) is 15.1 Å². The Kier molecular flexibility index (Phi) is 5.35. The Morgan fingerprint density at radius 2 is 2.06 bits per heavy atom. The first-order chi connectivity index (χ1) is 8.34. The molecule has 1 aromatic rings. The molecule has 0 amide bonds. The van der Waals surface area contributed by atoms with E-state index in [0.717, 1.165) is 13.0 Å². The highest BCUT2D eigenvalue weighted by molar-refractivity contribution is 5.05. The van der Waals surface area contributed by atoms with Gasteiger partial charge in [-0.3, -0.25) is 4.68 Å². The lowest BCUT2D eigenvalue weighted by atomic mass is 10.0. The number of rotatable bonds is 6. The molecule has 0 aliphatic carbocycles. The molecule has 104 valence electrons. The molecule has 0 spiro atoms. The van der Waals surface area contributed by atoms with Crippen LogP contribution in [0, 0.1) is 5.92 Å². The minimum Gasteiger partial charge on any atom is -0.396 e. The second kappa shape index (κ2) is 6.34. The number of hydrogen-bond donors (Lipinski definition) is 2. The molecule has 1 rings (SSSR count). The van der Waals surface area contributed by atoms with Gasteiger partial charge in [0.15, 0.2) is 0 Å². The highest BCUT2D eigenvalue weighted by Gasteiger charge is 2.15. The summed E-state index contributed by atoms with van der Waals surface area (Å²) in [6.45, 7) is 11.8. The molecule has 0 bridgehead atoms. The molecular weight excluding hydrogens is 226 g/mol. The minimum atomic E-state index is 0.0286. The van der Waals surface area contributed by atoms with E-state index < -0.39 is 0 Å². The van der Waals surface area contributed by atoms with E-state index in [9.17, 15) is 0 Å². The van der Waals surface area contributed by atoms with Gasteiger partial charge in [0.05, 0.1) is 11.7 Å². The van der Waals surface area contributed by atoms with Gasteiger partial charge in [0, 0.05) is 31.0 Å². The third-order valence-corrected chi connectivity index (χ3v) is 3.14. The molecule has 4 nitrogen and oxygen atoms in total. The largest absolute Gasteiger partial charge is 0.396 e. The molecule has 0 fully saturated rings. The minimum absolute atomic E-state index is 0.0286. The number of aliphatic hydroxyl groups is 1. The Hall–Kier alpha value is -0.870. The van der Waals surface area contributed by atoms with Crippen molar-refractivity contribution < 1.29 is 5.11 Å². The highest BCUT2D eigenvalue weighted by Crippen LogP contribution is 2.13. The third kappa shape index (κ3) is 4.42. The van der Waals surface area contributed by atoms with Crippen LogP contribution >= 0.6 is 0 Å². The van der Waals surface area contributed by atoms with Gasteiger partial charge in [0.1, 0.15) is 0 Å². The topological polar surface area (TPSA) is 50.1 Å². The van der Waals surface area contributed by atoms with Crippen LogP contribution in [-0.2, 0) is 12.1 Å². The van der Waals surface area contributed by atoms with Crippen LogP contribution in [0.2, 0.25) is 0 Å². The van der Waals surface area contributed by atoms with E-state index in [0.29, 0.717) is 12.0 Å². The summed E-state index contributed by atoms with van der Waals surface area (Å²) in [5.41, 5.74) is 1.22. The van der Waals surface area contributed by atoms with Gasteiger partial charge >= 0.3 is 0 Å². The van der Waals surface area contributed by atoms with E-state index >= 15 is 0 Å². The molecule has 1 atom stereocenters. The van der Waals surface area contributed by atoms with Crippen molar-refractivity contribution in [2.24, 2.45) is 5.92 Å². The van der Waals surface area contributed by atoms with Crippen molar-refractivity contribution in [3.63, 3.8) is 0 Å². The second-order valence-electron chi connectivity index (χ2n) is 6.21. The van der Waals surface area contributed by atoms with Gasteiger partial charge < -0.3 is 10.4 Å². The van der Waals surface area contributed by atoms with E-state index in [-0.39, 0.29) is 12.1 Å². The number of aliphatic hydroxyl groups excluding tert-OH is 1. The number of aromatic nitrogens is 2. The van der Waals surface area contributed by atoms with Crippen molar-refractivity contribution in [3.05, 3.63) is 18.0 Å². The van der Waals surface area contributed by atoms with E-state index in [1.54, 1.807) is 0 Å². The molecule has 0 saturated heterocycles. The predicted molar refractivity (Wildman–Crippen MR) is 74.4 cm³/mol. The SMILES string of the molecule is CC(C)C(CCO)NCc1cnn(C(C)(C)C)c1. The van der Waals surface area contributed by atoms with Crippen LogP contribution < -0.4 is 5.32 Å². The molecule has 0 radical (unpaired) electrons. The van der Waals surface area contributed by atoms with Gasteiger partial charge in [-0.1, -0.05) is 13.8 Å². The summed E-state index contributed by atoms with van der Waals surface area (Å²) in [7, 11) is 0. The summed E-state index contributed by atoms with van der Waals surface area (Å²) in [5, 5.41) is 16.9. The van der Waals surface area contributed by atoms with Gasteiger partial charge in [0.2, 0.25) is 0 Å². The summed E-state index contributed by atoms with van der Waals surface area (Å²) < 4.78 is 1.99. The Morgan fingerprint density at radius 1 is 1.39 bits per heavy atom. The third-order valence-electron chi connectivity index (χ3n) is 3.14. The lowest BCUT2D eigenvalue weighted by molar-refractivity contribution is 0.244. The van der Waals surface area contributed by atoms with Crippen molar-refractivity contribution in [1.29, 1.82) is 0 Å². The Morgan fingerprint density at radius 3 is 2.50 bits per heavy atom. The number of hydrogen-bond acceptors (Lipinski definition) is 3. The van der Waals surface area contributed by atoms with Crippen molar-refractivity contribution >= 4 is 0 Å². The van der Waals surface area contributed by atoms with E-state index in [1.807, 2.05) is 10.9 Å². The second-order valence-corrected chi connectivity index (χ2v) is 6.21. The molecule has 4 heteroatoms. The normalized spacial score (nSPS) is 14.2. The molecule has 1 unspecified atom stereocenters. The molecule has 1 aromatic heterocycles. The van der Waals surface area contributed by atoms with Gasteiger partial charge in [-0.05, 0) is 33.1 Å². The summed E-state index contributed by atoms with van der Waals surface area (Å²) in [4.78, 5) is 0. The predicted octanol–water partition coefficient (Wildman–Crippen LogP) is 2.13. The zero-order valence-electron chi connectivity index (χ0n) is 12.3. The smallest absolute Gasteiger partial charge is 0.0543 e. The monoisotopic (exact) mass is 253 g/mol. The van der Waals surface area contributed by atoms with Crippen molar-refractivity contribution in [2.75, 3.05) is 6.61 Å². The van der Waals surface area contributed by atoms with Crippen LogP contribution in [0.5, 0.6) is 0 Å². The maximum Gasteiger partial charge on any atom is 0.0543 e. The van der Waals surface area contributed by atoms with Crippen LogP contribution in [0.3, 0.4) is 0 Å². The van der Waals surface area contributed by atoms with Gasteiger partial charge in [-0.2, -0.15) is 5.10 Å². The first kappa shape index (κ1) is 15.2. The molecule has 0 aliphatic rings. The molecule has 0 aliphatic heterocycles. The van der Waals surface area contributed by atoms with Crippen molar-refractivity contribution in [2.45, 2.75) is 59.2 Å². The molecule has 18 heavy (non-hydrogen) atoms. The van der Waals surface area contributed by atoms with E-state index in [1.165, 1.54) is 5.56 Å². The van der Waals surface area contributed by atoms with Crippen LogP contribution in [0.4, 0.5) is 0 Å². The van der Waals surface area contributed by atoms with Crippen LogP contribution in [0.1, 0.15) is 46.6 Å². The number of nitrogens with one attached hydrogen (secondary N) is 1. The fourth-order valence-electron chi connectivity index (χ4n) is 1.88. The molecule has 2 N–H and O–H groups in total. The molecular formula is C14H27N3O. The Bertz CT molecular complexity index is 352. The first-order valence-corrected chi connectivity index (χ1v) is 6.73. The average molecular weight is 253 g/mol. The van der Waals surface area contributed by atoms with Gasteiger partial charge in [-0.25, -0.2) is 0 Å². The fourth-order valence-corrected chi connectivity index (χ4v) is 1.88. The Labute approximate surface area is 110 Å². The molecule has 0 aromatic carbocycles. The zero-order valence-corrected chi connectivity index (χ0v) is 12.3.